The van der Waals surface area contributed by atoms with Crippen LogP contribution >= 0.6 is 22.9 Å². The third-order valence-electron chi connectivity index (χ3n) is 5.89. The van der Waals surface area contributed by atoms with Crippen molar-refractivity contribution in [2.24, 2.45) is 0 Å². The quantitative estimate of drug-likeness (QED) is 0.370. The fraction of sp³-hybridized carbons (Fsp3) is 0.174. The summed E-state index contributed by atoms with van der Waals surface area (Å²) in [7, 11) is 0. The summed E-state index contributed by atoms with van der Waals surface area (Å²) in [6.07, 6.45) is 7.21. The minimum atomic E-state index is 0.454. The van der Waals surface area contributed by atoms with Crippen LogP contribution in [0, 0.1) is 0 Å². The maximum atomic E-state index is 6.73. The fourth-order valence-electron chi connectivity index (χ4n) is 4.12. The molecule has 1 saturated carbocycles. The van der Waals surface area contributed by atoms with E-state index in [1.165, 1.54) is 6.42 Å². The molecule has 5 nitrogen and oxygen atoms in total. The highest BCUT2D eigenvalue weighted by molar-refractivity contribution is 7.13. The zero-order valence-corrected chi connectivity index (χ0v) is 17.6. The Morgan fingerprint density at radius 3 is 2.80 bits per heavy atom. The van der Waals surface area contributed by atoms with Gasteiger partial charge < -0.3 is 5.73 Å². The third kappa shape index (κ3) is 2.71. The number of thiophene rings is 1. The molecular formula is C23H18ClN5S. The highest BCUT2D eigenvalue weighted by atomic mass is 35.5. The van der Waals surface area contributed by atoms with Gasteiger partial charge in [0.05, 0.1) is 21.1 Å². The standard InChI is InChI=1S/C23H18ClN5S/c24-16-11-14-6-7-17(19-5-2-10-30-19)27-18(14)12-15(16)20-21-22(25)26-8-9-29(21)23(28-20)13-3-1-4-13/h2,5-13H,1,3-4H2,(H2,25,26). The van der Waals surface area contributed by atoms with E-state index in [9.17, 15) is 0 Å². The Morgan fingerprint density at radius 2 is 2.03 bits per heavy atom. The van der Waals surface area contributed by atoms with Crippen LogP contribution in [0.15, 0.2) is 54.2 Å². The van der Waals surface area contributed by atoms with Gasteiger partial charge in [0.25, 0.3) is 0 Å². The van der Waals surface area contributed by atoms with Gasteiger partial charge >= 0.3 is 0 Å². The van der Waals surface area contributed by atoms with Crippen LogP contribution in [0.1, 0.15) is 31.0 Å². The van der Waals surface area contributed by atoms with Gasteiger partial charge in [0.2, 0.25) is 0 Å². The van der Waals surface area contributed by atoms with Crippen molar-refractivity contribution in [3.63, 3.8) is 0 Å². The van der Waals surface area contributed by atoms with Gasteiger partial charge in [0.1, 0.15) is 22.9 Å². The van der Waals surface area contributed by atoms with Crippen molar-refractivity contribution in [2.75, 3.05) is 5.73 Å². The molecule has 0 saturated heterocycles. The average Bonchev–Trinajstić information content (AvgIpc) is 3.36. The van der Waals surface area contributed by atoms with Crippen LogP contribution in [0.4, 0.5) is 5.82 Å². The van der Waals surface area contributed by atoms with Crippen molar-refractivity contribution in [3.05, 3.63) is 65.0 Å². The Bertz CT molecular complexity index is 1400. The van der Waals surface area contributed by atoms with Gasteiger partial charge in [-0.25, -0.2) is 15.0 Å². The number of hydrogen-bond donors (Lipinski definition) is 1. The normalized spacial score (nSPS) is 14.4. The summed E-state index contributed by atoms with van der Waals surface area (Å²) in [6.45, 7) is 0. The van der Waals surface area contributed by atoms with Crippen molar-refractivity contribution in [3.8, 4) is 21.8 Å². The number of hydrogen-bond acceptors (Lipinski definition) is 5. The van der Waals surface area contributed by atoms with Crippen molar-refractivity contribution >= 4 is 45.2 Å². The molecule has 0 amide bonds. The number of aromatic nitrogens is 4. The summed E-state index contributed by atoms with van der Waals surface area (Å²) in [5.74, 6) is 1.95. The second-order valence-corrected chi connectivity index (χ2v) is 9.03. The van der Waals surface area contributed by atoms with Crippen LogP contribution < -0.4 is 5.73 Å². The monoisotopic (exact) mass is 431 g/mol. The molecule has 0 aliphatic heterocycles. The molecule has 0 radical (unpaired) electrons. The summed E-state index contributed by atoms with van der Waals surface area (Å²) in [5.41, 5.74) is 10.6. The van der Waals surface area contributed by atoms with Crippen molar-refractivity contribution in [1.82, 2.24) is 19.4 Å². The molecule has 1 aliphatic carbocycles. The molecule has 0 atom stereocenters. The maximum absolute atomic E-state index is 6.73. The number of nitrogen functional groups attached to an aromatic ring is 1. The lowest BCUT2D eigenvalue weighted by Crippen LogP contribution is -2.12. The number of anilines is 1. The van der Waals surface area contributed by atoms with E-state index in [0.717, 1.165) is 56.9 Å². The Morgan fingerprint density at radius 1 is 1.13 bits per heavy atom. The van der Waals surface area contributed by atoms with Gasteiger partial charge in [-0.3, -0.25) is 4.40 Å². The zero-order valence-electron chi connectivity index (χ0n) is 16.0. The van der Waals surface area contributed by atoms with Gasteiger partial charge in [-0.15, -0.1) is 11.3 Å². The maximum Gasteiger partial charge on any atom is 0.150 e. The molecule has 4 heterocycles. The number of pyridine rings is 1. The molecule has 0 bridgehead atoms. The zero-order chi connectivity index (χ0) is 20.2. The van der Waals surface area contributed by atoms with Crippen LogP contribution in [0.2, 0.25) is 5.02 Å². The largest absolute Gasteiger partial charge is 0.382 e. The summed E-state index contributed by atoms with van der Waals surface area (Å²) in [6, 6.07) is 12.2. The first-order valence-electron chi connectivity index (χ1n) is 9.96. The Kier molecular flexibility index (Phi) is 4.04. The first-order chi connectivity index (χ1) is 14.7. The van der Waals surface area contributed by atoms with Crippen molar-refractivity contribution in [1.29, 1.82) is 0 Å². The minimum Gasteiger partial charge on any atom is -0.382 e. The van der Waals surface area contributed by atoms with E-state index >= 15 is 0 Å². The van der Waals surface area contributed by atoms with E-state index in [2.05, 4.69) is 26.9 Å². The fourth-order valence-corrected chi connectivity index (χ4v) is 5.07. The van der Waals surface area contributed by atoms with Crippen LogP contribution in [-0.2, 0) is 0 Å². The van der Waals surface area contributed by atoms with Crippen LogP contribution in [0.3, 0.4) is 0 Å². The molecule has 4 aromatic heterocycles. The van der Waals surface area contributed by atoms with Crippen molar-refractivity contribution in [2.45, 2.75) is 25.2 Å². The molecule has 2 N–H and O–H groups in total. The molecule has 6 rings (SSSR count). The minimum absolute atomic E-state index is 0.454. The highest BCUT2D eigenvalue weighted by Crippen LogP contribution is 2.41. The second kappa shape index (κ2) is 6.79. The highest BCUT2D eigenvalue weighted by Gasteiger charge is 2.27. The molecule has 0 unspecified atom stereocenters. The summed E-state index contributed by atoms with van der Waals surface area (Å²) >= 11 is 8.41. The predicted molar refractivity (Wildman–Crippen MR) is 123 cm³/mol. The van der Waals surface area contributed by atoms with Gasteiger partial charge in [0, 0.05) is 29.3 Å². The number of nitrogens with zero attached hydrogens (tertiary/aromatic N) is 4. The Balaban J connectivity index is 1.59. The first kappa shape index (κ1) is 17.9. The molecule has 5 aromatic rings. The molecule has 30 heavy (non-hydrogen) atoms. The summed E-state index contributed by atoms with van der Waals surface area (Å²) in [4.78, 5) is 15.4. The molecule has 1 aromatic carbocycles. The Labute approximate surface area is 182 Å². The van der Waals surface area contributed by atoms with Gasteiger partial charge in [-0.2, -0.15) is 0 Å². The smallest absolute Gasteiger partial charge is 0.150 e. The lowest BCUT2D eigenvalue weighted by Gasteiger charge is -2.23. The van der Waals surface area contributed by atoms with E-state index in [4.69, 9.17) is 27.3 Å². The molecule has 1 aliphatic rings. The van der Waals surface area contributed by atoms with Gasteiger partial charge in [0.15, 0.2) is 0 Å². The number of halogens is 1. The molecule has 7 heteroatoms. The van der Waals surface area contributed by atoms with Crippen LogP contribution in [-0.4, -0.2) is 19.4 Å². The number of rotatable bonds is 3. The Hall–Kier alpha value is -2.96. The topological polar surface area (TPSA) is 69.1 Å². The summed E-state index contributed by atoms with van der Waals surface area (Å²) < 4.78 is 2.08. The lowest BCUT2D eigenvalue weighted by molar-refractivity contribution is 0.400. The first-order valence-corrected chi connectivity index (χ1v) is 11.2. The van der Waals surface area contributed by atoms with E-state index in [0.29, 0.717) is 16.8 Å². The predicted octanol–water partition coefficient (Wildman–Crippen LogP) is 6.18. The number of imidazole rings is 1. The second-order valence-electron chi connectivity index (χ2n) is 7.68. The number of fused-ring (bicyclic) bond motifs is 2. The summed E-state index contributed by atoms with van der Waals surface area (Å²) in [5, 5.41) is 3.69. The van der Waals surface area contributed by atoms with Crippen LogP contribution in [0.25, 0.3) is 38.2 Å². The third-order valence-corrected chi connectivity index (χ3v) is 7.09. The van der Waals surface area contributed by atoms with Crippen molar-refractivity contribution < 1.29 is 0 Å². The molecule has 1 fully saturated rings. The van der Waals surface area contributed by atoms with Crippen LogP contribution in [0.5, 0.6) is 0 Å². The van der Waals surface area contributed by atoms with E-state index in [1.54, 1.807) is 17.5 Å². The van der Waals surface area contributed by atoms with E-state index < -0.39 is 0 Å². The SMILES string of the molecule is Nc1nccn2c(C3CCC3)nc(-c3cc4nc(-c5cccs5)ccc4cc3Cl)c12. The van der Waals surface area contributed by atoms with Gasteiger partial charge in [-0.1, -0.05) is 30.2 Å². The molecule has 148 valence electrons. The van der Waals surface area contributed by atoms with E-state index in [1.807, 2.05) is 30.5 Å². The number of nitrogens with two attached hydrogens (primary N) is 1. The van der Waals surface area contributed by atoms with Gasteiger partial charge in [-0.05, 0) is 42.5 Å². The number of benzene rings is 1. The lowest BCUT2D eigenvalue weighted by atomic mass is 9.85. The molecule has 0 spiro atoms. The average molecular weight is 432 g/mol. The molecular weight excluding hydrogens is 414 g/mol. The van der Waals surface area contributed by atoms with E-state index in [-0.39, 0.29) is 0 Å².